The van der Waals surface area contributed by atoms with Crippen LogP contribution in [0, 0.1) is 6.92 Å². The van der Waals surface area contributed by atoms with E-state index in [1.165, 1.54) is 0 Å². The Bertz CT molecular complexity index is 1020. The van der Waals surface area contributed by atoms with Crippen LogP contribution in [0.5, 0.6) is 0 Å². The van der Waals surface area contributed by atoms with E-state index in [2.05, 4.69) is 30.2 Å². The minimum absolute atomic E-state index is 0.0444. The number of carbonyl (C=O) groups excluding carboxylic acids is 1. The van der Waals surface area contributed by atoms with Gasteiger partial charge in [-0.1, -0.05) is 6.07 Å². The van der Waals surface area contributed by atoms with Crippen molar-refractivity contribution in [3.05, 3.63) is 72.3 Å². The third kappa shape index (κ3) is 4.83. The summed E-state index contributed by atoms with van der Waals surface area (Å²) >= 11 is 0. The van der Waals surface area contributed by atoms with Gasteiger partial charge >= 0.3 is 0 Å². The molecule has 1 amide bonds. The molecule has 4 heterocycles. The molecule has 1 N–H and O–H groups in total. The maximum absolute atomic E-state index is 12.9. The number of aryl methyl sites for hydroxylation is 1. The third-order valence-corrected chi connectivity index (χ3v) is 4.88. The number of hydrogen-bond donors (Lipinski definition) is 1. The first-order chi connectivity index (χ1) is 14.7. The van der Waals surface area contributed by atoms with Crippen molar-refractivity contribution >= 4 is 23.6 Å². The molecule has 0 saturated carbocycles. The Hall–Kier alpha value is -3.68. The second kappa shape index (κ2) is 9.21. The highest BCUT2D eigenvalue weighted by molar-refractivity contribution is 5.92. The highest BCUT2D eigenvalue weighted by atomic mass is 16.2. The summed E-state index contributed by atoms with van der Waals surface area (Å²) in [5.74, 6) is 1.85. The number of anilines is 2. The number of aromatic nitrogens is 5. The van der Waals surface area contributed by atoms with E-state index in [-0.39, 0.29) is 11.9 Å². The number of likely N-dealkylation sites (tertiary alicyclic amines) is 1. The Morgan fingerprint density at radius 2 is 2.03 bits per heavy atom. The highest BCUT2D eigenvalue weighted by Gasteiger charge is 2.29. The fourth-order valence-electron chi connectivity index (χ4n) is 3.50. The minimum atomic E-state index is -0.160. The van der Waals surface area contributed by atoms with Gasteiger partial charge < -0.3 is 10.2 Å². The molecule has 3 aromatic heterocycles. The van der Waals surface area contributed by atoms with Crippen molar-refractivity contribution in [3.8, 4) is 0 Å². The first kappa shape index (κ1) is 19.6. The predicted molar refractivity (Wildman–Crippen MR) is 114 cm³/mol. The first-order valence-corrected chi connectivity index (χ1v) is 9.96. The van der Waals surface area contributed by atoms with Crippen LogP contribution in [0.3, 0.4) is 0 Å². The van der Waals surface area contributed by atoms with E-state index in [4.69, 9.17) is 0 Å². The average Bonchev–Trinajstić information content (AvgIpc) is 2.78. The van der Waals surface area contributed by atoms with Gasteiger partial charge in [-0.25, -0.2) is 15.0 Å². The fourth-order valence-corrected chi connectivity index (χ4v) is 3.50. The Morgan fingerprint density at radius 1 is 1.13 bits per heavy atom. The van der Waals surface area contributed by atoms with Crippen LogP contribution in [-0.4, -0.2) is 42.3 Å². The van der Waals surface area contributed by atoms with Crippen molar-refractivity contribution in [2.24, 2.45) is 0 Å². The Balaban J connectivity index is 1.56. The second-order valence-electron chi connectivity index (χ2n) is 7.13. The van der Waals surface area contributed by atoms with Gasteiger partial charge in [0.15, 0.2) is 5.82 Å². The van der Waals surface area contributed by atoms with Gasteiger partial charge in [0.2, 0.25) is 5.91 Å². The lowest BCUT2D eigenvalue weighted by atomic mass is 10.0. The summed E-state index contributed by atoms with van der Waals surface area (Å²) in [6, 6.07) is 5.46. The molecule has 1 aliphatic rings. The van der Waals surface area contributed by atoms with E-state index in [0.717, 1.165) is 30.5 Å². The predicted octanol–water partition coefficient (Wildman–Crippen LogP) is 3.48. The summed E-state index contributed by atoms with van der Waals surface area (Å²) in [5, 5.41) is 3.17. The summed E-state index contributed by atoms with van der Waals surface area (Å²) in [6.45, 7) is 2.61. The largest absolute Gasteiger partial charge is 0.329 e. The lowest BCUT2D eigenvalue weighted by Crippen LogP contribution is -2.38. The number of carbonyl (C=O) groups is 1. The normalized spacial score (nSPS) is 16.6. The van der Waals surface area contributed by atoms with Gasteiger partial charge in [-0.05, 0) is 43.9 Å². The van der Waals surface area contributed by atoms with E-state index >= 15 is 0 Å². The molecule has 4 rings (SSSR count). The van der Waals surface area contributed by atoms with Gasteiger partial charge in [0.05, 0.1) is 12.2 Å². The van der Waals surface area contributed by atoms with Crippen LogP contribution in [0.4, 0.5) is 11.6 Å². The molecule has 30 heavy (non-hydrogen) atoms. The first-order valence-electron chi connectivity index (χ1n) is 9.96. The Labute approximate surface area is 175 Å². The Kier molecular flexibility index (Phi) is 6.03. The molecular formula is C22H23N7O. The van der Waals surface area contributed by atoms with Crippen LogP contribution in [0.25, 0.3) is 6.08 Å². The molecule has 0 aliphatic carbocycles. The zero-order valence-electron chi connectivity index (χ0n) is 16.8. The van der Waals surface area contributed by atoms with Crippen LogP contribution >= 0.6 is 0 Å². The topological polar surface area (TPSA) is 96.8 Å². The molecule has 8 heteroatoms. The van der Waals surface area contributed by atoms with Crippen LogP contribution < -0.4 is 5.32 Å². The molecule has 0 bridgehead atoms. The molecule has 0 aromatic carbocycles. The van der Waals surface area contributed by atoms with E-state index in [1.54, 1.807) is 43.1 Å². The molecule has 1 fully saturated rings. The van der Waals surface area contributed by atoms with Gasteiger partial charge in [0, 0.05) is 49.2 Å². The number of amides is 1. The number of pyridine rings is 1. The monoisotopic (exact) mass is 401 g/mol. The van der Waals surface area contributed by atoms with E-state index in [1.807, 2.05) is 30.0 Å². The zero-order chi connectivity index (χ0) is 20.8. The maximum Gasteiger partial charge on any atom is 0.247 e. The molecule has 8 nitrogen and oxygen atoms in total. The molecule has 0 unspecified atom stereocenters. The van der Waals surface area contributed by atoms with E-state index < -0.39 is 0 Å². The third-order valence-electron chi connectivity index (χ3n) is 4.88. The van der Waals surface area contributed by atoms with Crippen LogP contribution in [-0.2, 0) is 4.79 Å². The SMILES string of the molecule is Cc1cc(Nc2cnccn2)nc([C@@H]2CCCCN2C(=O)/C=C/c2cccnc2)n1. The molecule has 1 atom stereocenters. The summed E-state index contributed by atoms with van der Waals surface area (Å²) in [4.78, 5) is 36.5. The molecule has 3 aromatic rings. The molecular weight excluding hydrogens is 378 g/mol. The Morgan fingerprint density at radius 3 is 2.83 bits per heavy atom. The number of nitrogens with one attached hydrogen (secondary N) is 1. The number of rotatable bonds is 5. The van der Waals surface area contributed by atoms with Crippen molar-refractivity contribution in [2.45, 2.75) is 32.2 Å². The van der Waals surface area contributed by atoms with E-state index in [9.17, 15) is 4.79 Å². The molecule has 1 aliphatic heterocycles. The van der Waals surface area contributed by atoms with Crippen molar-refractivity contribution in [2.75, 3.05) is 11.9 Å². The number of nitrogens with zero attached hydrogens (tertiary/aromatic N) is 6. The summed E-state index contributed by atoms with van der Waals surface area (Å²) in [6.07, 6.45) is 14.5. The lowest BCUT2D eigenvalue weighted by molar-refractivity contribution is -0.129. The van der Waals surface area contributed by atoms with Crippen LogP contribution in [0.15, 0.2) is 55.3 Å². The second-order valence-corrected chi connectivity index (χ2v) is 7.13. The quantitative estimate of drug-likeness (QED) is 0.654. The van der Waals surface area contributed by atoms with Crippen molar-refractivity contribution in [3.63, 3.8) is 0 Å². The number of piperidine rings is 1. The van der Waals surface area contributed by atoms with Gasteiger partial charge in [0.25, 0.3) is 0 Å². The van der Waals surface area contributed by atoms with E-state index in [0.29, 0.717) is 24.0 Å². The van der Waals surface area contributed by atoms with Crippen molar-refractivity contribution in [1.29, 1.82) is 0 Å². The summed E-state index contributed by atoms with van der Waals surface area (Å²) in [7, 11) is 0. The maximum atomic E-state index is 12.9. The van der Waals surface area contributed by atoms with Gasteiger partial charge in [0.1, 0.15) is 11.6 Å². The van der Waals surface area contributed by atoms with Gasteiger partial charge in [-0.3, -0.25) is 14.8 Å². The lowest BCUT2D eigenvalue weighted by Gasteiger charge is -2.34. The van der Waals surface area contributed by atoms with Crippen molar-refractivity contribution in [1.82, 2.24) is 29.8 Å². The van der Waals surface area contributed by atoms with Gasteiger partial charge in [-0.15, -0.1) is 0 Å². The molecule has 0 spiro atoms. The number of hydrogen-bond acceptors (Lipinski definition) is 7. The average molecular weight is 401 g/mol. The molecule has 1 saturated heterocycles. The summed E-state index contributed by atoms with van der Waals surface area (Å²) < 4.78 is 0. The van der Waals surface area contributed by atoms with Crippen LogP contribution in [0.1, 0.15) is 42.4 Å². The summed E-state index contributed by atoms with van der Waals surface area (Å²) in [5.41, 5.74) is 1.72. The standard InChI is InChI=1S/C22H23N7O/c1-16-13-19(27-20-15-24-10-11-25-20)28-22(26-16)18-6-2-3-12-29(18)21(30)8-7-17-5-4-9-23-14-17/h4-5,7-11,13-15,18H,2-3,6,12H2,1H3,(H,25,26,27,28)/b8-7+/t18-/m0/s1. The van der Waals surface area contributed by atoms with Crippen molar-refractivity contribution < 1.29 is 4.79 Å². The van der Waals surface area contributed by atoms with Gasteiger partial charge in [-0.2, -0.15) is 0 Å². The minimum Gasteiger partial charge on any atom is -0.329 e. The molecule has 0 radical (unpaired) electrons. The zero-order valence-corrected chi connectivity index (χ0v) is 16.8. The fraction of sp³-hybridized carbons (Fsp3) is 0.273. The van der Waals surface area contributed by atoms with Crippen LogP contribution in [0.2, 0.25) is 0 Å². The highest BCUT2D eigenvalue weighted by Crippen LogP contribution is 2.30. The smallest absolute Gasteiger partial charge is 0.247 e. The molecule has 152 valence electrons.